The van der Waals surface area contributed by atoms with Crippen LogP contribution in [0.1, 0.15) is 17.2 Å². The third-order valence-electron chi connectivity index (χ3n) is 3.26. The van der Waals surface area contributed by atoms with Crippen LogP contribution in [-0.2, 0) is 4.74 Å². The Morgan fingerprint density at radius 1 is 1.11 bits per heavy atom. The second-order valence-corrected chi connectivity index (χ2v) is 4.66. The van der Waals surface area contributed by atoms with Gasteiger partial charge in [0.05, 0.1) is 6.61 Å². The zero-order valence-electron chi connectivity index (χ0n) is 10.1. The lowest BCUT2D eigenvalue weighted by Crippen LogP contribution is -2.55. The van der Waals surface area contributed by atoms with Crippen LogP contribution in [0.4, 0.5) is 0 Å². The predicted octanol–water partition coefficient (Wildman–Crippen LogP) is -0.490. The number of rotatable bonds is 2. The van der Waals surface area contributed by atoms with Crippen LogP contribution in [0.5, 0.6) is 0 Å². The lowest BCUT2D eigenvalue weighted by molar-refractivity contribution is -0.231. The Balaban J connectivity index is 2.27. The molecule has 1 heterocycles. The SMILES string of the molecule is Cc1cccc([C@H]2OC(CO)[C@@H](O)C(O)C2O)c1. The number of aryl methyl sites for hydroxylation is 1. The largest absolute Gasteiger partial charge is 0.394 e. The smallest absolute Gasteiger partial charge is 0.113 e. The van der Waals surface area contributed by atoms with Crippen LogP contribution >= 0.6 is 0 Å². The van der Waals surface area contributed by atoms with E-state index in [0.29, 0.717) is 5.56 Å². The highest BCUT2D eigenvalue weighted by molar-refractivity contribution is 5.26. The van der Waals surface area contributed by atoms with Crippen LogP contribution in [0.25, 0.3) is 0 Å². The lowest BCUT2D eigenvalue weighted by Gasteiger charge is -2.40. The van der Waals surface area contributed by atoms with Crippen molar-refractivity contribution in [2.75, 3.05) is 6.61 Å². The minimum atomic E-state index is -1.33. The standard InChI is InChI=1S/C13H18O5/c1-7-3-2-4-8(5-7)13-12(17)11(16)10(15)9(6-14)18-13/h2-5,9-17H,6H2,1H3/t9?,10-,11?,12?,13-/m1/s1. The van der Waals surface area contributed by atoms with Crippen molar-refractivity contribution >= 4 is 0 Å². The second kappa shape index (κ2) is 5.34. The molecule has 0 aromatic heterocycles. The molecule has 0 amide bonds. The van der Waals surface area contributed by atoms with E-state index in [-0.39, 0.29) is 0 Å². The fourth-order valence-electron chi connectivity index (χ4n) is 2.22. The molecular weight excluding hydrogens is 236 g/mol. The Morgan fingerprint density at radius 3 is 2.44 bits per heavy atom. The lowest BCUT2D eigenvalue weighted by atomic mass is 9.91. The number of ether oxygens (including phenoxy) is 1. The second-order valence-electron chi connectivity index (χ2n) is 4.66. The first kappa shape index (κ1) is 13.5. The monoisotopic (exact) mass is 254 g/mol. The number of hydrogen-bond acceptors (Lipinski definition) is 5. The summed E-state index contributed by atoms with van der Waals surface area (Å²) >= 11 is 0. The van der Waals surface area contributed by atoms with Gasteiger partial charge in [0.1, 0.15) is 30.5 Å². The third-order valence-corrected chi connectivity index (χ3v) is 3.26. The van der Waals surface area contributed by atoms with Crippen molar-refractivity contribution in [3.63, 3.8) is 0 Å². The molecule has 3 unspecified atom stereocenters. The van der Waals surface area contributed by atoms with Gasteiger partial charge < -0.3 is 25.2 Å². The van der Waals surface area contributed by atoms with Gasteiger partial charge in [0, 0.05) is 0 Å². The van der Waals surface area contributed by atoms with Crippen molar-refractivity contribution in [2.45, 2.75) is 37.4 Å². The molecule has 100 valence electrons. The summed E-state index contributed by atoms with van der Waals surface area (Å²) in [6, 6.07) is 7.35. The summed E-state index contributed by atoms with van der Waals surface area (Å²) in [6.45, 7) is 1.50. The summed E-state index contributed by atoms with van der Waals surface area (Å²) in [5.74, 6) is 0. The van der Waals surface area contributed by atoms with Gasteiger partial charge in [-0.15, -0.1) is 0 Å². The molecule has 1 aromatic rings. The highest BCUT2D eigenvalue weighted by Crippen LogP contribution is 2.32. The molecule has 0 radical (unpaired) electrons. The van der Waals surface area contributed by atoms with E-state index in [9.17, 15) is 15.3 Å². The van der Waals surface area contributed by atoms with E-state index in [4.69, 9.17) is 9.84 Å². The quantitative estimate of drug-likeness (QED) is 0.572. The molecule has 0 saturated carbocycles. The van der Waals surface area contributed by atoms with Crippen LogP contribution in [0, 0.1) is 6.92 Å². The minimum absolute atomic E-state index is 0.409. The zero-order valence-corrected chi connectivity index (χ0v) is 10.1. The number of benzene rings is 1. The molecule has 18 heavy (non-hydrogen) atoms. The Bertz CT molecular complexity index is 406. The molecule has 4 N–H and O–H groups in total. The average molecular weight is 254 g/mol. The van der Waals surface area contributed by atoms with E-state index in [1.54, 1.807) is 6.07 Å². The van der Waals surface area contributed by atoms with E-state index >= 15 is 0 Å². The van der Waals surface area contributed by atoms with Gasteiger partial charge in [0.25, 0.3) is 0 Å². The Labute approximate surface area is 105 Å². The fourth-order valence-corrected chi connectivity index (χ4v) is 2.22. The van der Waals surface area contributed by atoms with Crippen LogP contribution in [0.3, 0.4) is 0 Å². The molecule has 1 aliphatic rings. The summed E-state index contributed by atoms with van der Waals surface area (Å²) in [6.07, 6.45) is -5.48. The van der Waals surface area contributed by atoms with Gasteiger partial charge in [-0.3, -0.25) is 0 Å². The molecule has 5 heteroatoms. The van der Waals surface area contributed by atoms with Crippen molar-refractivity contribution in [1.82, 2.24) is 0 Å². The van der Waals surface area contributed by atoms with Crippen LogP contribution in [-0.4, -0.2) is 51.4 Å². The molecular formula is C13H18O5. The van der Waals surface area contributed by atoms with Gasteiger partial charge in [-0.2, -0.15) is 0 Å². The fraction of sp³-hybridized carbons (Fsp3) is 0.538. The van der Waals surface area contributed by atoms with Gasteiger partial charge in [-0.1, -0.05) is 29.8 Å². The topological polar surface area (TPSA) is 90.2 Å². The molecule has 5 atom stereocenters. The van der Waals surface area contributed by atoms with Crippen molar-refractivity contribution < 1.29 is 25.2 Å². The molecule has 1 aliphatic heterocycles. The van der Waals surface area contributed by atoms with Gasteiger partial charge >= 0.3 is 0 Å². The molecule has 1 aromatic carbocycles. The first-order valence-corrected chi connectivity index (χ1v) is 5.91. The summed E-state index contributed by atoms with van der Waals surface area (Å²) in [4.78, 5) is 0. The van der Waals surface area contributed by atoms with E-state index in [1.165, 1.54) is 0 Å². The van der Waals surface area contributed by atoms with Gasteiger partial charge in [-0.05, 0) is 12.5 Å². The maximum absolute atomic E-state index is 9.95. The highest BCUT2D eigenvalue weighted by Gasteiger charge is 2.43. The van der Waals surface area contributed by atoms with E-state index in [2.05, 4.69) is 0 Å². The normalized spacial score (nSPS) is 36.6. The van der Waals surface area contributed by atoms with E-state index in [1.807, 2.05) is 25.1 Å². The number of hydrogen-bond donors (Lipinski definition) is 4. The summed E-state index contributed by atoms with van der Waals surface area (Å²) in [5.41, 5.74) is 1.72. The molecule has 2 rings (SSSR count). The van der Waals surface area contributed by atoms with Gasteiger partial charge in [0.15, 0.2) is 0 Å². The number of aliphatic hydroxyl groups excluding tert-OH is 4. The van der Waals surface area contributed by atoms with E-state index < -0.39 is 37.1 Å². The Morgan fingerprint density at radius 2 is 1.83 bits per heavy atom. The Kier molecular flexibility index (Phi) is 3.99. The molecule has 1 saturated heterocycles. The third kappa shape index (κ3) is 2.41. The maximum Gasteiger partial charge on any atom is 0.113 e. The van der Waals surface area contributed by atoms with Crippen LogP contribution in [0.2, 0.25) is 0 Å². The first-order chi connectivity index (χ1) is 8.54. The molecule has 5 nitrogen and oxygen atoms in total. The van der Waals surface area contributed by atoms with Gasteiger partial charge in [0.2, 0.25) is 0 Å². The van der Waals surface area contributed by atoms with Crippen molar-refractivity contribution in [3.05, 3.63) is 35.4 Å². The molecule has 0 bridgehead atoms. The summed E-state index contributed by atoms with van der Waals surface area (Å²) in [5, 5.41) is 38.4. The van der Waals surface area contributed by atoms with Crippen LogP contribution < -0.4 is 0 Å². The van der Waals surface area contributed by atoms with Crippen molar-refractivity contribution in [2.24, 2.45) is 0 Å². The highest BCUT2D eigenvalue weighted by atomic mass is 16.5. The van der Waals surface area contributed by atoms with Crippen molar-refractivity contribution in [3.8, 4) is 0 Å². The molecule has 0 aliphatic carbocycles. The summed E-state index contributed by atoms with van der Waals surface area (Å²) in [7, 11) is 0. The molecule has 0 spiro atoms. The Hall–Kier alpha value is -0.980. The average Bonchev–Trinajstić information content (AvgIpc) is 2.36. The van der Waals surface area contributed by atoms with E-state index in [0.717, 1.165) is 5.56 Å². The zero-order chi connectivity index (χ0) is 13.3. The minimum Gasteiger partial charge on any atom is -0.394 e. The summed E-state index contributed by atoms with van der Waals surface area (Å²) < 4.78 is 5.46. The van der Waals surface area contributed by atoms with Crippen molar-refractivity contribution in [1.29, 1.82) is 0 Å². The molecule has 1 fully saturated rings. The van der Waals surface area contributed by atoms with Crippen LogP contribution in [0.15, 0.2) is 24.3 Å². The number of aliphatic hydroxyl groups is 4. The maximum atomic E-state index is 9.95. The first-order valence-electron chi connectivity index (χ1n) is 5.91. The van der Waals surface area contributed by atoms with Gasteiger partial charge in [-0.25, -0.2) is 0 Å². The predicted molar refractivity (Wildman–Crippen MR) is 63.9 cm³/mol.